The molecular formula is C89H90BBrF3N9O10S4. The number of methoxy groups -OCH3 is 3. The molecule has 4 saturated heterocycles. The van der Waals surface area contributed by atoms with Crippen LogP contribution in [0.3, 0.4) is 0 Å². The van der Waals surface area contributed by atoms with E-state index in [1.54, 1.807) is 109 Å². The lowest BCUT2D eigenvalue weighted by Crippen LogP contribution is -2.41. The average molecular weight is 1720 g/mol. The summed E-state index contributed by atoms with van der Waals surface area (Å²) in [4.78, 5) is 28.1. The number of aromatic nitrogens is 6. The molecule has 0 aliphatic carbocycles. The number of rotatable bonds is 19. The molecule has 0 unspecified atom stereocenters. The van der Waals surface area contributed by atoms with Crippen molar-refractivity contribution in [2.45, 2.75) is 121 Å². The molecule has 4 aliphatic rings. The molecule has 19 nitrogen and oxygen atoms in total. The quantitative estimate of drug-likeness (QED) is 0.0748. The number of para-hydroxylation sites is 3. The summed E-state index contributed by atoms with van der Waals surface area (Å²) in [6.07, 6.45) is 17.5. The number of aromatic amines is 1. The fourth-order valence-corrected chi connectivity index (χ4v) is 20.2. The Kier molecular flexibility index (Phi) is 24.4. The Morgan fingerprint density at radius 1 is 0.496 bits per heavy atom. The average Bonchev–Trinajstić information content (AvgIpc) is 1.59. The lowest BCUT2D eigenvalue weighted by Gasteiger charge is -2.32. The summed E-state index contributed by atoms with van der Waals surface area (Å²) in [5, 5.41) is 2.05. The van der Waals surface area contributed by atoms with Crippen molar-refractivity contribution in [1.29, 1.82) is 0 Å². The van der Waals surface area contributed by atoms with Crippen LogP contribution in [0.1, 0.15) is 92.9 Å². The number of hydrogen-bond donors (Lipinski definition) is 1. The molecule has 1 N–H and O–H groups in total. The van der Waals surface area contributed by atoms with E-state index in [1.165, 1.54) is 128 Å². The molecule has 0 spiro atoms. The highest BCUT2D eigenvalue weighted by Gasteiger charge is 2.52. The fourth-order valence-electron chi connectivity index (χ4n) is 15.1. The van der Waals surface area contributed by atoms with Crippen LogP contribution in [0.15, 0.2) is 214 Å². The van der Waals surface area contributed by atoms with E-state index < -0.39 is 31.7 Å². The number of likely N-dealkylation sites (tertiary alicyclic amines) is 3. The maximum Gasteiger partial charge on any atom is 0.505 e. The van der Waals surface area contributed by atoms with Gasteiger partial charge in [0.1, 0.15) is 17.2 Å². The van der Waals surface area contributed by atoms with Crippen LogP contribution in [0, 0.1) is 31.3 Å². The zero-order chi connectivity index (χ0) is 82.1. The largest absolute Gasteiger partial charge is 0.505 e. The minimum Gasteiger partial charge on any atom is -0.493 e. The van der Waals surface area contributed by atoms with E-state index >= 15 is 0 Å². The number of nitrogens with one attached hydrogen (secondary N) is 1. The zero-order valence-corrected chi connectivity index (χ0v) is 71.3. The number of pyridine rings is 3. The Labute approximate surface area is 696 Å². The van der Waals surface area contributed by atoms with Crippen LogP contribution in [-0.2, 0) is 49.0 Å². The first-order valence-corrected chi connectivity index (χ1v) is 44.2. The molecule has 4 aliphatic heterocycles. The smallest absolute Gasteiger partial charge is 0.493 e. The van der Waals surface area contributed by atoms with Gasteiger partial charge in [0.2, 0.25) is 0 Å². The Morgan fingerprint density at radius 2 is 0.940 bits per heavy atom. The number of thiophene rings is 2. The van der Waals surface area contributed by atoms with E-state index in [0.29, 0.717) is 43.1 Å². The van der Waals surface area contributed by atoms with Gasteiger partial charge in [-0.05, 0) is 226 Å². The van der Waals surface area contributed by atoms with Gasteiger partial charge in [0.05, 0.1) is 48.9 Å². The van der Waals surface area contributed by atoms with Crippen molar-refractivity contribution in [2.75, 3.05) is 60.6 Å². The number of furan rings is 1. The van der Waals surface area contributed by atoms with Crippen molar-refractivity contribution >= 4 is 104 Å². The highest BCUT2D eigenvalue weighted by molar-refractivity contribution is 9.10. The SMILES string of the molecule is CC1(C)OB(c2ccc(CN3CCCC3)s2)OC1(C)C.COc1c(F)cccc1-c1c[nH]c2ncc(-c3ccc(CN4CCCC4)o3)cc12.COc1c(F)cccc1-c1cn(S(=O)(=O)c2ccc(C)cc2)c2ncc(-c3ccc(CN4CCCC4)s3)cc12.COc1c(F)cccc1-c1cn(S(=O)(=O)c2ccc(C)cc2)c2ncc(Br)cc12. The topological polar surface area (TPSA) is 202 Å². The fraction of sp³-hybridized carbons (Fsp3) is 0.292. The molecular weight excluding hydrogens is 1630 g/mol. The normalized spacial score (nSPS) is 15.7. The second-order valence-electron chi connectivity index (χ2n) is 30.6. The minimum absolute atomic E-state index is 0.0410. The first-order valence-electron chi connectivity index (χ1n) is 38.9. The molecule has 117 heavy (non-hydrogen) atoms. The summed E-state index contributed by atoms with van der Waals surface area (Å²) in [5.74, 6) is 0.625. The van der Waals surface area contributed by atoms with Gasteiger partial charge in [-0.3, -0.25) is 14.7 Å². The molecule has 0 bridgehead atoms. The van der Waals surface area contributed by atoms with Crippen LogP contribution < -0.4 is 19.0 Å². The molecule has 18 rings (SSSR count). The number of ether oxygens (including phenoxy) is 3. The lowest BCUT2D eigenvalue weighted by molar-refractivity contribution is 0.00578. The third-order valence-corrected chi connectivity index (χ3v) is 28.0. The van der Waals surface area contributed by atoms with E-state index in [1.807, 2.05) is 61.7 Å². The molecule has 13 heterocycles. The molecule has 0 amide bonds. The first kappa shape index (κ1) is 82.4. The van der Waals surface area contributed by atoms with Crippen molar-refractivity contribution < 1.29 is 57.9 Å². The summed E-state index contributed by atoms with van der Waals surface area (Å²) >= 11 is 6.91. The van der Waals surface area contributed by atoms with Crippen LogP contribution in [-0.4, -0.2) is 138 Å². The number of hydrogen-bond acceptors (Lipinski definition) is 18. The highest BCUT2D eigenvalue weighted by Crippen LogP contribution is 2.45. The van der Waals surface area contributed by atoms with Crippen molar-refractivity contribution in [3.63, 3.8) is 0 Å². The molecule has 0 atom stereocenters. The third kappa shape index (κ3) is 17.5. The molecule has 0 saturated carbocycles. The van der Waals surface area contributed by atoms with Gasteiger partial charge in [0.15, 0.2) is 46.0 Å². The molecule has 28 heteroatoms. The van der Waals surface area contributed by atoms with E-state index in [-0.39, 0.29) is 62.5 Å². The van der Waals surface area contributed by atoms with Gasteiger partial charge in [0, 0.05) is 135 Å². The van der Waals surface area contributed by atoms with Gasteiger partial charge in [0.25, 0.3) is 20.0 Å². The lowest BCUT2D eigenvalue weighted by atomic mass is 9.88. The Hall–Kier alpha value is -9.72. The van der Waals surface area contributed by atoms with E-state index in [0.717, 1.165) is 105 Å². The van der Waals surface area contributed by atoms with Crippen molar-refractivity contribution in [3.8, 4) is 72.4 Å². The molecule has 4 fully saturated rings. The number of halogens is 4. The third-order valence-electron chi connectivity index (χ3n) is 22.1. The van der Waals surface area contributed by atoms with Crippen molar-refractivity contribution in [2.24, 2.45) is 0 Å². The van der Waals surface area contributed by atoms with Crippen molar-refractivity contribution in [3.05, 3.63) is 243 Å². The van der Waals surface area contributed by atoms with Crippen LogP contribution in [0.4, 0.5) is 13.2 Å². The van der Waals surface area contributed by atoms with E-state index in [2.05, 4.69) is 103 Å². The molecule has 9 aromatic heterocycles. The van der Waals surface area contributed by atoms with Crippen LogP contribution in [0.5, 0.6) is 17.2 Å². The number of aryl methyl sites for hydroxylation is 2. The predicted molar refractivity (Wildman–Crippen MR) is 461 cm³/mol. The summed E-state index contributed by atoms with van der Waals surface area (Å²) in [6, 6.07) is 45.7. The standard InChI is InChI=1S/C30H28FN3O3S2.C23H22FN3O2.C21H16BrFN2O3S.C15H24BNO2S/c1-20-8-11-23(12-9-20)39(35,36)34-19-26(24-6-5-7-27(31)29(24)37-2)25-16-21(17-32-30(25)34)28-13-10-22(38-28)18-33-14-3-4-15-33;1-28-22-17(5-4-6-20(22)24)19-13-26-23-18(19)11-15(12-25-23)21-8-7-16(29-21)14-27-9-2-3-10-27;1-13-6-8-15(9-7-13)29(26,27)25-12-18(17-10-14(22)11-24-21(17)25)16-4-3-5-19(23)20(16)28-2;1-14(2)15(3,4)19-16(18-14)13-8-7-12(20-13)11-17-9-5-6-10-17/h5-13,16-17,19H,3-4,14-15,18H2,1-2H3;4-8,11-13H,2-3,9-10,14H2,1H3,(H,25,26);3-12H,1-2H3;7-8H,5-6,9-11H2,1-4H3. The van der Waals surface area contributed by atoms with E-state index in [9.17, 15) is 30.0 Å². The Morgan fingerprint density at radius 3 is 1.44 bits per heavy atom. The Bertz CT molecular complexity index is 6150. The van der Waals surface area contributed by atoms with E-state index in [4.69, 9.17) is 27.9 Å². The highest BCUT2D eigenvalue weighted by atomic mass is 79.9. The van der Waals surface area contributed by atoms with Gasteiger partial charge >= 0.3 is 7.12 Å². The molecule has 0 radical (unpaired) electrons. The van der Waals surface area contributed by atoms with Gasteiger partial charge in [-0.1, -0.05) is 77.9 Å². The summed E-state index contributed by atoms with van der Waals surface area (Å²) in [7, 11) is -3.83. The minimum atomic E-state index is -3.97. The molecule has 5 aromatic carbocycles. The van der Waals surface area contributed by atoms with Crippen LogP contribution >= 0.6 is 38.6 Å². The first-order chi connectivity index (χ1) is 56.3. The maximum atomic E-state index is 14.7. The monoisotopic (exact) mass is 1720 g/mol. The van der Waals surface area contributed by atoms with Crippen LogP contribution in [0.25, 0.3) is 88.2 Å². The number of nitrogens with zero attached hydrogens (tertiary/aromatic N) is 8. The zero-order valence-electron chi connectivity index (χ0n) is 66.5. The van der Waals surface area contributed by atoms with Crippen molar-refractivity contribution in [1.82, 2.24) is 42.6 Å². The predicted octanol–water partition coefficient (Wildman–Crippen LogP) is 19.8. The summed E-state index contributed by atoms with van der Waals surface area (Å²) < 4.78 is 136. The number of fused-ring (bicyclic) bond motifs is 3. The summed E-state index contributed by atoms with van der Waals surface area (Å²) in [5.41, 5.74) is 7.88. The van der Waals surface area contributed by atoms with Gasteiger partial charge in [-0.2, -0.15) is 0 Å². The molecule has 606 valence electrons. The van der Waals surface area contributed by atoms with Gasteiger partial charge < -0.3 is 32.9 Å². The number of benzene rings is 5. The summed E-state index contributed by atoms with van der Waals surface area (Å²) in [6.45, 7) is 22.0. The maximum absolute atomic E-state index is 14.7. The second-order valence-corrected chi connectivity index (χ2v) is 37.5. The number of H-pyrrole nitrogens is 1. The Balaban J connectivity index is 0.000000125. The van der Waals surface area contributed by atoms with Gasteiger partial charge in [-0.15, -0.1) is 22.7 Å². The second kappa shape index (κ2) is 34.7. The molecule has 14 aromatic rings. The van der Waals surface area contributed by atoms with Crippen LogP contribution in [0.2, 0.25) is 0 Å². The van der Waals surface area contributed by atoms with Gasteiger partial charge in [-0.25, -0.2) is 52.9 Å².